The van der Waals surface area contributed by atoms with Gasteiger partial charge in [-0.25, -0.2) is 5.01 Å². The largest absolute Gasteiger partial charge is 0.493 e. The van der Waals surface area contributed by atoms with Crippen LogP contribution >= 0.6 is 11.3 Å². The molecule has 0 atom stereocenters. The zero-order valence-corrected chi connectivity index (χ0v) is 18.1. The van der Waals surface area contributed by atoms with E-state index in [1.807, 2.05) is 0 Å². The number of hydrazine groups is 1. The second-order valence-corrected chi connectivity index (χ2v) is 8.23. The fourth-order valence-electron chi connectivity index (χ4n) is 3.48. The maximum absolute atomic E-state index is 12.9. The van der Waals surface area contributed by atoms with Crippen molar-refractivity contribution in [1.29, 1.82) is 0 Å². The second-order valence-electron chi connectivity index (χ2n) is 7.13. The van der Waals surface area contributed by atoms with Crippen LogP contribution in [-0.2, 0) is 12.8 Å². The van der Waals surface area contributed by atoms with Gasteiger partial charge in [0, 0.05) is 24.5 Å². The molecule has 1 aromatic carbocycles. The zero-order chi connectivity index (χ0) is 21.0. The Balaban J connectivity index is 1.94. The van der Waals surface area contributed by atoms with Gasteiger partial charge in [0.1, 0.15) is 5.00 Å². The first-order chi connectivity index (χ1) is 13.9. The molecule has 0 saturated heterocycles. The van der Waals surface area contributed by atoms with Gasteiger partial charge in [-0.05, 0) is 49.4 Å². The van der Waals surface area contributed by atoms with Crippen LogP contribution in [0.2, 0.25) is 0 Å². The van der Waals surface area contributed by atoms with E-state index in [0.717, 1.165) is 37.7 Å². The lowest BCUT2D eigenvalue weighted by Crippen LogP contribution is -2.36. The maximum Gasteiger partial charge on any atom is 0.268 e. The van der Waals surface area contributed by atoms with Gasteiger partial charge in [0.2, 0.25) is 0 Å². The number of nitrogens with zero attached hydrogens (tertiary/aromatic N) is 1. The smallest absolute Gasteiger partial charge is 0.268 e. The van der Waals surface area contributed by atoms with Gasteiger partial charge in [-0.3, -0.25) is 15.0 Å². The molecule has 8 heteroatoms. The standard InChI is InChI=1S/C21H27N3O4S/c1-24(2)23-20(26)18-14-8-6-5-7-9-17(14)29-21(18)22-19(25)13-10-11-15(27-3)16(12-13)28-4/h10-12H,5-9H2,1-4H3,(H,22,25)(H,23,26). The van der Waals surface area contributed by atoms with Crippen molar-refractivity contribution in [1.82, 2.24) is 10.4 Å². The molecule has 2 aromatic rings. The molecule has 29 heavy (non-hydrogen) atoms. The topological polar surface area (TPSA) is 79.9 Å². The Morgan fingerprint density at radius 1 is 1.00 bits per heavy atom. The molecule has 7 nitrogen and oxygen atoms in total. The highest BCUT2D eigenvalue weighted by Gasteiger charge is 2.26. The van der Waals surface area contributed by atoms with E-state index in [-0.39, 0.29) is 11.8 Å². The predicted octanol–water partition coefficient (Wildman–Crippen LogP) is 3.49. The lowest BCUT2D eigenvalue weighted by molar-refractivity contribution is 0.0857. The minimum atomic E-state index is -0.290. The van der Waals surface area contributed by atoms with Crippen LogP contribution in [0, 0.1) is 0 Å². The minimum absolute atomic E-state index is 0.197. The number of rotatable bonds is 6. The molecule has 2 amide bonds. The quantitative estimate of drug-likeness (QED) is 0.556. The molecule has 0 unspecified atom stereocenters. The van der Waals surface area contributed by atoms with Crippen molar-refractivity contribution in [2.45, 2.75) is 32.1 Å². The highest BCUT2D eigenvalue weighted by atomic mass is 32.1. The summed E-state index contributed by atoms with van der Waals surface area (Å²) in [6.07, 6.45) is 5.10. The summed E-state index contributed by atoms with van der Waals surface area (Å²) in [6.45, 7) is 0. The number of anilines is 1. The van der Waals surface area contributed by atoms with Gasteiger partial charge >= 0.3 is 0 Å². The summed E-state index contributed by atoms with van der Waals surface area (Å²) in [5.41, 5.74) is 4.89. The summed E-state index contributed by atoms with van der Waals surface area (Å²) in [4.78, 5) is 27.0. The van der Waals surface area contributed by atoms with E-state index in [1.54, 1.807) is 44.4 Å². The molecule has 156 valence electrons. The SMILES string of the molecule is COc1ccc(C(=O)Nc2sc3c(c2C(=O)NN(C)C)CCCCC3)cc1OC. The van der Waals surface area contributed by atoms with Crippen LogP contribution < -0.4 is 20.2 Å². The summed E-state index contributed by atoms with van der Waals surface area (Å²) in [7, 11) is 6.61. The van der Waals surface area contributed by atoms with E-state index in [1.165, 1.54) is 23.3 Å². The van der Waals surface area contributed by atoms with Gasteiger partial charge in [-0.15, -0.1) is 11.3 Å². The van der Waals surface area contributed by atoms with Gasteiger partial charge in [0.05, 0.1) is 19.8 Å². The second kappa shape index (κ2) is 9.28. The van der Waals surface area contributed by atoms with Crippen LogP contribution in [0.25, 0.3) is 0 Å². The first-order valence-corrected chi connectivity index (χ1v) is 10.4. The highest BCUT2D eigenvalue weighted by molar-refractivity contribution is 7.17. The summed E-state index contributed by atoms with van der Waals surface area (Å²) >= 11 is 1.50. The molecule has 1 aliphatic rings. The van der Waals surface area contributed by atoms with Gasteiger partial charge in [-0.1, -0.05) is 6.42 Å². The van der Waals surface area contributed by atoms with Gasteiger partial charge in [-0.2, -0.15) is 0 Å². The van der Waals surface area contributed by atoms with Crippen molar-refractivity contribution in [2.75, 3.05) is 33.6 Å². The summed E-state index contributed by atoms with van der Waals surface area (Å²) < 4.78 is 10.5. The minimum Gasteiger partial charge on any atom is -0.493 e. The van der Waals surface area contributed by atoms with Crippen molar-refractivity contribution in [3.8, 4) is 11.5 Å². The monoisotopic (exact) mass is 417 g/mol. The lowest BCUT2D eigenvalue weighted by Gasteiger charge is -2.14. The van der Waals surface area contributed by atoms with Crippen molar-refractivity contribution in [2.24, 2.45) is 0 Å². The van der Waals surface area contributed by atoms with E-state index in [9.17, 15) is 9.59 Å². The summed E-state index contributed by atoms with van der Waals surface area (Å²) in [6, 6.07) is 5.00. The molecular weight excluding hydrogens is 390 g/mol. The fourth-order valence-corrected chi connectivity index (χ4v) is 4.76. The third kappa shape index (κ3) is 4.71. The number of nitrogens with one attached hydrogen (secondary N) is 2. The number of aryl methyl sites for hydroxylation is 1. The number of carbonyl (C=O) groups is 2. The molecule has 0 fully saturated rings. The number of methoxy groups -OCH3 is 2. The number of benzene rings is 1. The molecule has 0 spiro atoms. The Hall–Kier alpha value is -2.58. The summed E-state index contributed by atoms with van der Waals surface area (Å²) in [5.74, 6) is 0.545. The Morgan fingerprint density at radius 3 is 2.41 bits per heavy atom. The lowest BCUT2D eigenvalue weighted by atomic mass is 10.0. The molecule has 0 aliphatic heterocycles. The number of fused-ring (bicyclic) bond motifs is 1. The first kappa shape index (κ1) is 21.1. The number of hydrogen-bond donors (Lipinski definition) is 2. The van der Waals surface area contributed by atoms with Crippen LogP contribution in [0.1, 0.15) is 50.4 Å². The van der Waals surface area contributed by atoms with Gasteiger partial charge in [0.15, 0.2) is 11.5 Å². The highest BCUT2D eigenvalue weighted by Crippen LogP contribution is 2.38. The number of hydrogen-bond acceptors (Lipinski definition) is 6. The van der Waals surface area contributed by atoms with E-state index in [2.05, 4.69) is 10.7 Å². The van der Waals surface area contributed by atoms with Gasteiger partial charge in [0.25, 0.3) is 11.8 Å². The molecule has 0 bridgehead atoms. The molecule has 3 rings (SSSR count). The van der Waals surface area contributed by atoms with Crippen LogP contribution in [0.15, 0.2) is 18.2 Å². The molecule has 0 radical (unpaired) electrons. The zero-order valence-electron chi connectivity index (χ0n) is 17.3. The number of thiophene rings is 1. The molecule has 2 N–H and O–H groups in total. The average Bonchev–Trinajstić information content (AvgIpc) is 2.87. The molecule has 1 aromatic heterocycles. The Labute approximate surface area is 175 Å². The van der Waals surface area contributed by atoms with Crippen molar-refractivity contribution in [3.05, 3.63) is 39.8 Å². The number of ether oxygens (including phenoxy) is 2. The van der Waals surface area contributed by atoms with Crippen LogP contribution in [-0.4, -0.2) is 45.1 Å². The Bertz CT molecular complexity index is 908. The summed E-state index contributed by atoms with van der Waals surface area (Å²) in [5, 5.41) is 5.16. The van der Waals surface area contributed by atoms with Crippen LogP contribution in [0.4, 0.5) is 5.00 Å². The Morgan fingerprint density at radius 2 is 1.72 bits per heavy atom. The molecule has 0 saturated carbocycles. The van der Waals surface area contributed by atoms with E-state index in [0.29, 0.717) is 27.6 Å². The molecular formula is C21H27N3O4S. The molecule has 1 aliphatic carbocycles. The predicted molar refractivity (Wildman–Crippen MR) is 114 cm³/mol. The van der Waals surface area contributed by atoms with Crippen LogP contribution in [0.3, 0.4) is 0 Å². The Kier molecular flexibility index (Phi) is 6.76. The van der Waals surface area contributed by atoms with Crippen molar-refractivity contribution >= 4 is 28.2 Å². The fraction of sp³-hybridized carbons (Fsp3) is 0.429. The molecule has 1 heterocycles. The first-order valence-electron chi connectivity index (χ1n) is 9.60. The normalized spacial score (nSPS) is 13.4. The average molecular weight is 418 g/mol. The van der Waals surface area contributed by atoms with Gasteiger partial charge < -0.3 is 14.8 Å². The van der Waals surface area contributed by atoms with E-state index in [4.69, 9.17) is 9.47 Å². The van der Waals surface area contributed by atoms with Crippen molar-refractivity contribution in [3.63, 3.8) is 0 Å². The van der Waals surface area contributed by atoms with Crippen LogP contribution in [0.5, 0.6) is 11.5 Å². The third-order valence-corrected chi connectivity index (χ3v) is 6.05. The maximum atomic E-state index is 12.9. The van der Waals surface area contributed by atoms with E-state index < -0.39 is 0 Å². The number of amides is 2. The number of carbonyl (C=O) groups excluding carboxylic acids is 2. The van der Waals surface area contributed by atoms with Crippen molar-refractivity contribution < 1.29 is 19.1 Å². The third-order valence-electron chi connectivity index (χ3n) is 4.85. The van der Waals surface area contributed by atoms with E-state index >= 15 is 0 Å².